The molecule has 1 N–H and O–H groups in total. The molecule has 1 aliphatic heterocycles. The largest absolute Gasteiger partial charge is 0.481 e. The average molecular weight is 467 g/mol. The molecule has 176 valence electrons. The van der Waals surface area contributed by atoms with Crippen LogP contribution in [0.3, 0.4) is 0 Å². The van der Waals surface area contributed by atoms with Crippen molar-refractivity contribution in [3.05, 3.63) is 79.4 Å². The van der Waals surface area contributed by atoms with Crippen LogP contribution in [0.4, 0.5) is 20.2 Å². The summed E-state index contributed by atoms with van der Waals surface area (Å²) in [6.45, 7) is 2.04. The summed E-state index contributed by atoms with van der Waals surface area (Å²) >= 11 is 0. The molecule has 0 spiro atoms. The van der Waals surface area contributed by atoms with Crippen LogP contribution >= 0.6 is 0 Å². The van der Waals surface area contributed by atoms with Crippen molar-refractivity contribution in [3.63, 3.8) is 0 Å². The molecule has 1 amide bonds. The third kappa shape index (κ3) is 7.57. The molecule has 1 heterocycles. The Labute approximate surface area is 185 Å². The Kier molecular flexibility index (Phi) is 8.86. The minimum absolute atomic E-state index is 0.0366. The number of nitro groups is 2. The number of ether oxygens (including phenoxy) is 1. The van der Waals surface area contributed by atoms with Gasteiger partial charge in [0.25, 0.3) is 0 Å². The summed E-state index contributed by atoms with van der Waals surface area (Å²) < 4.78 is 31.5. The standard InChI is InChI=1S/C12H13FN2O4.C8H6FNO4/c13-10-7-9(1-2-11(10)15(17)18)8-12(16)14-3-5-19-6-4-14;9-6-3-5(4-8(11)12)1-2-7(6)10(13)14/h1-2,7H,3-6,8H2;1-3H,4H2,(H,11,12). The molecular formula is C20H19F2N3O8. The number of rotatable bonds is 6. The molecule has 11 nitrogen and oxygen atoms in total. The van der Waals surface area contributed by atoms with Crippen molar-refractivity contribution in [1.29, 1.82) is 0 Å². The Bertz CT molecular complexity index is 1060. The summed E-state index contributed by atoms with van der Waals surface area (Å²) in [6.07, 6.45) is -0.316. The number of carboxylic acid groups (broad SMARTS) is 1. The number of carbonyl (C=O) groups is 2. The minimum atomic E-state index is -1.11. The second-order valence-electron chi connectivity index (χ2n) is 6.83. The van der Waals surface area contributed by atoms with Crippen molar-refractivity contribution >= 4 is 23.3 Å². The summed E-state index contributed by atoms with van der Waals surface area (Å²) in [6, 6.07) is 6.54. The van der Waals surface area contributed by atoms with Gasteiger partial charge in [-0.3, -0.25) is 29.8 Å². The summed E-state index contributed by atoms with van der Waals surface area (Å²) in [5.74, 6) is -3.18. The molecule has 1 aliphatic rings. The molecule has 0 radical (unpaired) electrons. The molecule has 3 rings (SSSR count). The van der Waals surface area contributed by atoms with Gasteiger partial charge in [0.05, 0.1) is 35.9 Å². The highest BCUT2D eigenvalue weighted by Gasteiger charge is 2.19. The molecule has 0 bridgehead atoms. The summed E-state index contributed by atoms with van der Waals surface area (Å²) in [4.78, 5) is 42.8. The molecule has 33 heavy (non-hydrogen) atoms. The Balaban J connectivity index is 0.000000245. The molecule has 0 atom stereocenters. The number of halogens is 2. The van der Waals surface area contributed by atoms with Crippen LogP contribution in [0.2, 0.25) is 0 Å². The Morgan fingerprint density at radius 3 is 1.76 bits per heavy atom. The van der Waals surface area contributed by atoms with Crippen molar-refractivity contribution in [2.24, 2.45) is 0 Å². The molecule has 0 saturated carbocycles. The summed E-state index contributed by atoms with van der Waals surface area (Å²) in [5.41, 5.74) is -0.609. The zero-order valence-electron chi connectivity index (χ0n) is 17.1. The molecule has 1 fully saturated rings. The van der Waals surface area contributed by atoms with Crippen LogP contribution in [0.5, 0.6) is 0 Å². The van der Waals surface area contributed by atoms with E-state index in [0.29, 0.717) is 31.9 Å². The van der Waals surface area contributed by atoms with E-state index in [9.17, 15) is 38.6 Å². The fourth-order valence-electron chi connectivity index (χ4n) is 2.89. The van der Waals surface area contributed by atoms with Crippen LogP contribution in [0.15, 0.2) is 36.4 Å². The van der Waals surface area contributed by atoms with Gasteiger partial charge >= 0.3 is 17.3 Å². The maximum absolute atomic E-state index is 13.4. The molecule has 2 aromatic carbocycles. The minimum Gasteiger partial charge on any atom is -0.481 e. The lowest BCUT2D eigenvalue weighted by Crippen LogP contribution is -2.41. The van der Waals surface area contributed by atoms with E-state index in [4.69, 9.17) is 9.84 Å². The number of carbonyl (C=O) groups excluding carboxylic acids is 1. The fraction of sp³-hybridized carbons (Fsp3) is 0.300. The van der Waals surface area contributed by atoms with Gasteiger partial charge in [-0.05, 0) is 23.3 Å². The number of benzene rings is 2. The van der Waals surface area contributed by atoms with E-state index < -0.39 is 38.8 Å². The van der Waals surface area contributed by atoms with Crippen LogP contribution in [0.25, 0.3) is 0 Å². The quantitative estimate of drug-likeness (QED) is 0.502. The molecule has 1 saturated heterocycles. The maximum Gasteiger partial charge on any atom is 0.307 e. The van der Waals surface area contributed by atoms with Gasteiger partial charge in [-0.1, -0.05) is 12.1 Å². The van der Waals surface area contributed by atoms with E-state index in [0.717, 1.165) is 24.3 Å². The van der Waals surface area contributed by atoms with Gasteiger partial charge in [0, 0.05) is 25.2 Å². The molecule has 0 aromatic heterocycles. The number of morpholine rings is 1. The van der Waals surface area contributed by atoms with Gasteiger partial charge in [-0.25, -0.2) is 0 Å². The third-order valence-electron chi connectivity index (χ3n) is 4.49. The fourth-order valence-corrected chi connectivity index (χ4v) is 2.89. The second kappa shape index (κ2) is 11.6. The Morgan fingerprint density at radius 2 is 1.36 bits per heavy atom. The highest BCUT2D eigenvalue weighted by atomic mass is 19.1. The lowest BCUT2D eigenvalue weighted by atomic mass is 10.1. The zero-order valence-corrected chi connectivity index (χ0v) is 17.1. The van der Waals surface area contributed by atoms with Crippen molar-refractivity contribution in [2.45, 2.75) is 12.8 Å². The number of hydrogen-bond acceptors (Lipinski definition) is 7. The first-order valence-electron chi connectivity index (χ1n) is 9.51. The normalized spacial score (nSPS) is 13.0. The molecule has 13 heteroatoms. The first kappa shape index (κ1) is 25.3. The van der Waals surface area contributed by atoms with E-state index in [1.54, 1.807) is 4.90 Å². The number of nitrogens with zero attached hydrogens (tertiary/aromatic N) is 3. The number of aliphatic carboxylic acids is 1. The molecular weight excluding hydrogens is 448 g/mol. The smallest absolute Gasteiger partial charge is 0.307 e. The predicted octanol–water partition coefficient (Wildman–Crippen LogP) is 2.50. The molecule has 2 aromatic rings. The van der Waals surface area contributed by atoms with Crippen LogP contribution in [0.1, 0.15) is 11.1 Å². The van der Waals surface area contributed by atoms with Crippen molar-refractivity contribution in [2.75, 3.05) is 26.3 Å². The van der Waals surface area contributed by atoms with Crippen LogP contribution in [-0.2, 0) is 27.2 Å². The lowest BCUT2D eigenvalue weighted by Gasteiger charge is -2.26. The SMILES string of the molecule is O=C(Cc1ccc([N+](=O)[O-])c(F)c1)N1CCOCC1.O=C(O)Cc1ccc([N+](=O)[O-])c(F)c1. The van der Waals surface area contributed by atoms with E-state index >= 15 is 0 Å². The van der Waals surface area contributed by atoms with Gasteiger partial charge in [-0.2, -0.15) is 8.78 Å². The van der Waals surface area contributed by atoms with Gasteiger partial charge in [0.1, 0.15) is 0 Å². The summed E-state index contributed by atoms with van der Waals surface area (Å²) in [7, 11) is 0. The van der Waals surface area contributed by atoms with Crippen LogP contribution in [-0.4, -0.2) is 58.0 Å². The number of hydrogen-bond donors (Lipinski definition) is 1. The van der Waals surface area contributed by atoms with Gasteiger partial charge < -0.3 is 14.7 Å². The van der Waals surface area contributed by atoms with E-state index in [2.05, 4.69) is 0 Å². The molecule has 0 unspecified atom stereocenters. The number of nitro benzene ring substituents is 2. The van der Waals surface area contributed by atoms with Crippen molar-refractivity contribution in [1.82, 2.24) is 4.90 Å². The number of amides is 1. The topological polar surface area (TPSA) is 153 Å². The van der Waals surface area contributed by atoms with E-state index in [-0.39, 0.29) is 24.3 Å². The zero-order chi connectivity index (χ0) is 24.5. The van der Waals surface area contributed by atoms with Crippen molar-refractivity contribution < 1.29 is 38.1 Å². The summed E-state index contributed by atoms with van der Waals surface area (Å²) in [5, 5.41) is 29.1. The second-order valence-corrected chi connectivity index (χ2v) is 6.83. The van der Waals surface area contributed by atoms with Crippen molar-refractivity contribution in [3.8, 4) is 0 Å². The lowest BCUT2D eigenvalue weighted by molar-refractivity contribution is -0.387. The Hall–Kier alpha value is -4.00. The number of carboxylic acids is 1. The van der Waals surface area contributed by atoms with Crippen LogP contribution in [0, 0.1) is 31.9 Å². The molecule has 0 aliphatic carbocycles. The Morgan fingerprint density at radius 1 is 0.909 bits per heavy atom. The first-order valence-corrected chi connectivity index (χ1v) is 9.51. The first-order chi connectivity index (χ1) is 15.6. The highest BCUT2D eigenvalue weighted by molar-refractivity contribution is 5.79. The van der Waals surface area contributed by atoms with Gasteiger partial charge in [0.15, 0.2) is 0 Å². The van der Waals surface area contributed by atoms with Crippen LogP contribution < -0.4 is 0 Å². The van der Waals surface area contributed by atoms with E-state index in [1.807, 2.05) is 0 Å². The highest BCUT2D eigenvalue weighted by Crippen LogP contribution is 2.19. The maximum atomic E-state index is 13.4. The van der Waals surface area contributed by atoms with E-state index in [1.165, 1.54) is 12.1 Å². The third-order valence-corrected chi connectivity index (χ3v) is 4.49. The predicted molar refractivity (Wildman–Crippen MR) is 109 cm³/mol. The van der Waals surface area contributed by atoms with Gasteiger partial charge in [0.2, 0.25) is 17.5 Å². The average Bonchev–Trinajstić information content (AvgIpc) is 2.74. The monoisotopic (exact) mass is 467 g/mol. The van der Waals surface area contributed by atoms with Gasteiger partial charge in [-0.15, -0.1) is 0 Å².